The van der Waals surface area contributed by atoms with Crippen molar-refractivity contribution >= 4 is 5.78 Å². The van der Waals surface area contributed by atoms with Gasteiger partial charge in [-0.05, 0) is 13.8 Å². The van der Waals surface area contributed by atoms with E-state index in [2.05, 4.69) is 38.1 Å². The molecule has 2 heteroatoms. The highest BCUT2D eigenvalue weighted by molar-refractivity contribution is 5.81. The van der Waals surface area contributed by atoms with Gasteiger partial charge in [0, 0.05) is 5.56 Å². The second-order valence-corrected chi connectivity index (χ2v) is 4.86. The van der Waals surface area contributed by atoms with Gasteiger partial charge in [0.05, 0.1) is 24.9 Å². The van der Waals surface area contributed by atoms with Crippen LogP contribution >= 0.6 is 0 Å². The molecule has 0 radical (unpaired) electrons. The number of nitrogens with one attached hydrogen (secondary N) is 1. The highest BCUT2D eigenvalue weighted by atomic mass is 16.1. The average molecular weight is 218 g/mol. The molecule has 1 aliphatic heterocycles. The van der Waals surface area contributed by atoms with E-state index in [1.807, 2.05) is 6.07 Å². The van der Waals surface area contributed by atoms with Crippen molar-refractivity contribution < 1.29 is 9.69 Å². The second-order valence-electron chi connectivity index (χ2n) is 4.86. The summed E-state index contributed by atoms with van der Waals surface area (Å²) < 4.78 is 0. The van der Waals surface area contributed by atoms with Gasteiger partial charge in [-0.25, -0.2) is 0 Å². The summed E-state index contributed by atoms with van der Waals surface area (Å²) in [5.41, 5.74) is 1.37. The molecule has 2 rings (SSSR count). The molecule has 1 heterocycles. The first-order valence-corrected chi connectivity index (χ1v) is 6.09. The van der Waals surface area contributed by atoms with Crippen LogP contribution in [0.4, 0.5) is 0 Å². The first-order chi connectivity index (χ1) is 7.68. The van der Waals surface area contributed by atoms with E-state index < -0.39 is 0 Å². The minimum absolute atomic E-state index is 0.215. The number of carbonyl (C=O) groups excluding carboxylic acids is 1. The third-order valence-electron chi connectivity index (χ3n) is 3.87. The zero-order chi connectivity index (χ0) is 11.5. The molecule has 1 unspecified atom stereocenters. The highest BCUT2D eigenvalue weighted by Crippen LogP contribution is 2.09. The van der Waals surface area contributed by atoms with Crippen molar-refractivity contribution in [1.82, 2.24) is 0 Å². The molecule has 1 fully saturated rings. The van der Waals surface area contributed by atoms with Gasteiger partial charge in [-0.3, -0.25) is 4.79 Å². The van der Waals surface area contributed by atoms with Crippen LogP contribution in [0.3, 0.4) is 0 Å². The maximum Gasteiger partial charge on any atom is 0.147 e. The largest absolute Gasteiger partial charge is 0.328 e. The van der Waals surface area contributed by atoms with Crippen LogP contribution in [-0.4, -0.2) is 18.4 Å². The standard InChI is InChI=1S/C14H19NO/c1-11-12(2)15(9-8-14(11)16)10-13-6-4-3-5-7-13/h3-7,11-12H,8-10H2,1-2H3/p+1/t11-,12+/m1/s1. The van der Waals surface area contributed by atoms with Gasteiger partial charge in [-0.2, -0.15) is 0 Å². The van der Waals surface area contributed by atoms with Gasteiger partial charge in [-0.1, -0.05) is 30.3 Å². The summed E-state index contributed by atoms with van der Waals surface area (Å²) >= 11 is 0. The Hall–Kier alpha value is -1.15. The quantitative estimate of drug-likeness (QED) is 0.788. The number of rotatable bonds is 2. The number of hydrogen-bond donors (Lipinski definition) is 1. The predicted molar refractivity (Wildman–Crippen MR) is 64.2 cm³/mol. The van der Waals surface area contributed by atoms with Crippen molar-refractivity contribution in [2.45, 2.75) is 32.9 Å². The summed E-state index contributed by atoms with van der Waals surface area (Å²) in [7, 11) is 0. The van der Waals surface area contributed by atoms with Gasteiger partial charge in [-0.15, -0.1) is 0 Å². The van der Waals surface area contributed by atoms with Gasteiger partial charge >= 0.3 is 0 Å². The molecular weight excluding hydrogens is 198 g/mol. The Labute approximate surface area is 97.3 Å². The molecule has 0 bridgehead atoms. The second kappa shape index (κ2) is 4.79. The summed E-state index contributed by atoms with van der Waals surface area (Å²) in [6.45, 7) is 6.29. The fourth-order valence-electron chi connectivity index (χ4n) is 2.48. The maximum absolute atomic E-state index is 11.6. The Balaban J connectivity index is 2.03. The van der Waals surface area contributed by atoms with Crippen LogP contribution < -0.4 is 4.90 Å². The number of carbonyl (C=O) groups is 1. The monoisotopic (exact) mass is 218 g/mol. The first kappa shape index (κ1) is 11.3. The Bertz CT molecular complexity index is 360. The molecule has 0 saturated carbocycles. The maximum atomic E-state index is 11.6. The summed E-state index contributed by atoms with van der Waals surface area (Å²) in [4.78, 5) is 13.1. The molecule has 2 nitrogen and oxygen atoms in total. The van der Waals surface area contributed by atoms with Gasteiger partial charge in [0.2, 0.25) is 0 Å². The lowest BCUT2D eigenvalue weighted by molar-refractivity contribution is -0.941. The molecular formula is C14H20NO+. The number of Topliss-reactive ketones (excluding diaryl/α,β-unsaturated/α-hetero) is 1. The Kier molecular flexibility index (Phi) is 3.39. The molecule has 1 aromatic carbocycles. The lowest BCUT2D eigenvalue weighted by atomic mass is 9.90. The van der Waals surface area contributed by atoms with E-state index in [0.717, 1.165) is 19.5 Å². The third-order valence-corrected chi connectivity index (χ3v) is 3.87. The van der Waals surface area contributed by atoms with Gasteiger partial charge in [0.15, 0.2) is 0 Å². The van der Waals surface area contributed by atoms with E-state index >= 15 is 0 Å². The van der Waals surface area contributed by atoms with Crippen LogP contribution in [-0.2, 0) is 11.3 Å². The summed E-state index contributed by atoms with van der Waals surface area (Å²) in [6, 6.07) is 11.0. The molecule has 0 amide bonds. The van der Waals surface area contributed by atoms with Crippen LogP contribution in [0.5, 0.6) is 0 Å². The Morgan fingerprint density at radius 1 is 1.25 bits per heavy atom. The van der Waals surface area contributed by atoms with Crippen LogP contribution in [0.25, 0.3) is 0 Å². The minimum atomic E-state index is 0.215. The molecule has 3 atom stereocenters. The van der Waals surface area contributed by atoms with Gasteiger partial charge in [0.1, 0.15) is 12.3 Å². The third kappa shape index (κ3) is 2.33. The van der Waals surface area contributed by atoms with Crippen molar-refractivity contribution in [2.75, 3.05) is 6.54 Å². The summed E-state index contributed by atoms with van der Waals surface area (Å²) in [5, 5.41) is 0. The molecule has 86 valence electrons. The van der Waals surface area contributed by atoms with Crippen LogP contribution in [0.15, 0.2) is 30.3 Å². The van der Waals surface area contributed by atoms with Crippen molar-refractivity contribution in [3.05, 3.63) is 35.9 Å². The highest BCUT2D eigenvalue weighted by Gasteiger charge is 2.33. The molecule has 1 aromatic rings. The van der Waals surface area contributed by atoms with E-state index in [9.17, 15) is 4.79 Å². The van der Waals surface area contributed by atoms with Crippen LogP contribution in [0, 0.1) is 5.92 Å². The summed E-state index contributed by atoms with van der Waals surface area (Å²) in [6.07, 6.45) is 0.744. The number of quaternary nitrogens is 1. The number of likely N-dealkylation sites (tertiary alicyclic amines) is 1. The molecule has 1 N–H and O–H groups in total. The molecule has 16 heavy (non-hydrogen) atoms. The molecule has 1 aliphatic rings. The van der Waals surface area contributed by atoms with E-state index in [1.165, 1.54) is 5.56 Å². The number of hydrogen-bond acceptors (Lipinski definition) is 1. The molecule has 0 aliphatic carbocycles. The lowest BCUT2D eigenvalue weighted by Gasteiger charge is -2.33. The van der Waals surface area contributed by atoms with Crippen molar-refractivity contribution in [3.63, 3.8) is 0 Å². The fraction of sp³-hybridized carbons (Fsp3) is 0.500. The van der Waals surface area contributed by atoms with E-state index in [-0.39, 0.29) is 5.92 Å². The zero-order valence-corrected chi connectivity index (χ0v) is 10.1. The lowest BCUT2D eigenvalue weighted by Crippen LogP contribution is -3.16. The van der Waals surface area contributed by atoms with Crippen LogP contribution in [0.1, 0.15) is 25.8 Å². The topological polar surface area (TPSA) is 21.5 Å². The molecule has 0 spiro atoms. The van der Waals surface area contributed by atoms with Crippen molar-refractivity contribution in [1.29, 1.82) is 0 Å². The van der Waals surface area contributed by atoms with E-state index in [1.54, 1.807) is 4.90 Å². The van der Waals surface area contributed by atoms with E-state index in [4.69, 9.17) is 0 Å². The number of piperidine rings is 1. The Morgan fingerprint density at radius 3 is 2.62 bits per heavy atom. The zero-order valence-electron chi connectivity index (χ0n) is 10.1. The van der Waals surface area contributed by atoms with Crippen molar-refractivity contribution in [2.24, 2.45) is 5.92 Å². The van der Waals surface area contributed by atoms with Crippen LogP contribution in [0.2, 0.25) is 0 Å². The van der Waals surface area contributed by atoms with Gasteiger partial charge in [0.25, 0.3) is 0 Å². The van der Waals surface area contributed by atoms with Crippen molar-refractivity contribution in [3.8, 4) is 0 Å². The fourth-order valence-corrected chi connectivity index (χ4v) is 2.48. The predicted octanol–water partition coefficient (Wildman–Crippen LogP) is 1.07. The smallest absolute Gasteiger partial charge is 0.147 e. The minimum Gasteiger partial charge on any atom is -0.328 e. The number of benzene rings is 1. The summed E-state index contributed by atoms with van der Waals surface area (Å²) in [5.74, 6) is 0.650. The molecule has 1 saturated heterocycles. The van der Waals surface area contributed by atoms with E-state index in [0.29, 0.717) is 11.8 Å². The molecule has 0 aromatic heterocycles. The number of ketones is 1. The van der Waals surface area contributed by atoms with Gasteiger partial charge < -0.3 is 4.90 Å². The Morgan fingerprint density at radius 2 is 1.94 bits per heavy atom. The normalized spacial score (nSPS) is 30.4. The first-order valence-electron chi connectivity index (χ1n) is 6.09. The average Bonchev–Trinajstić information content (AvgIpc) is 2.31. The SMILES string of the molecule is C[C@H]1C(=O)CC[NH+](Cc2ccccc2)[C@H]1C.